The number of hydrogen-bond donors (Lipinski definition) is 0. The first-order valence-corrected chi connectivity index (χ1v) is 8.29. The summed E-state index contributed by atoms with van der Waals surface area (Å²) in [5.41, 5.74) is 0.946. The minimum absolute atomic E-state index is 0.0315. The minimum Gasteiger partial charge on any atom is -0.342 e. The van der Waals surface area contributed by atoms with E-state index in [4.69, 9.17) is 0 Å². The number of amides is 1. The standard InChI is InChI=1S/C15H24N2O2S/c1-11-6-4-5-7-13(11)16(3)14(18)8-9-17-12(2)10-20-15(17)19/h10-11,13H,4-9H2,1-3H3. The molecule has 0 spiro atoms. The second-order valence-electron chi connectivity index (χ2n) is 5.88. The Bertz CT molecular complexity index is 520. The fraction of sp³-hybridized carbons (Fsp3) is 0.733. The van der Waals surface area contributed by atoms with Crippen LogP contribution in [-0.2, 0) is 11.3 Å². The van der Waals surface area contributed by atoms with Gasteiger partial charge in [-0.15, -0.1) is 0 Å². The Labute approximate surface area is 124 Å². The Morgan fingerprint density at radius 3 is 2.75 bits per heavy atom. The number of nitrogens with zero attached hydrogens (tertiary/aromatic N) is 2. The molecule has 0 radical (unpaired) electrons. The van der Waals surface area contributed by atoms with Crippen molar-refractivity contribution in [1.29, 1.82) is 0 Å². The van der Waals surface area contributed by atoms with E-state index in [2.05, 4.69) is 6.92 Å². The first-order valence-electron chi connectivity index (χ1n) is 7.41. The molecule has 2 atom stereocenters. The van der Waals surface area contributed by atoms with Crippen molar-refractivity contribution in [3.8, 4) is 0 Å². The van der Waals surface area contributed by atoms with Crippen LogP contribution in [0.15, 0.2) is 10.2 Å². The highest BCUT2D eigenvalue weighted by atomic mass is 32.1. The van der Waals surface area contributed by atoms with Gasteiger partial charge in [0.25, 0.3) is 0 Å². The molecule has 0 bridgehead atoms. The van der Waals surface area contributed by atoms with Crippen molar-refractivity contribution < 1.29 is 4.79 Å². The molecule has 1 aromatic heterocycles. The molecule has 1 fully saturated rings. The molecule has 0 aliphatic heterocycles. The van der Waals surface area contributed by atoms with Crippen LogP contribution in [0, 0.1) is 12.8 Å². The molecule has 4 nitrogen and oxygen atoms in total. The summed E-state index contributed by atoms with van der Waals surface area (Å²) in [5.74, 6) is 0.740. The zero-order chi connectivity index (χ0) is 14.7. The van der Waals surface area contributed by atoms with Gasteiger partial charge >= 0.3 is 4.87 Å². The highest BCUT2D eigenvalue weighted by Crippen LogP contribution is 2.27. The molecular formula is C15H24N2O2S. The van der Waals surface area contributed by atoms with Crippen molar-refractivity contribution in [3.05, 3.63) is 20.7 Å². The lowest BCUT2D eigenvalue weighted by Crippen LogP contribution is -2.43. The van der Waals surface area contributed by atoms with E-state index < -0.39 is 0 Å². The summed E-state index contributed by atoms with van der Waals surface area (Å²) in [6.45, 7) is 4.65. The Hall–Kier alpha value is -1.10. The Kier molecular flexibility index (Phi) is 5.02. The maximum atomic E-state index is 12.3. The second kappa shape index (κ2) is 6.57. The molecule has 0 aromatic carbocycles. The fourth-order valence-corrected chi connectivity index (χ4v) is 3.88. The summed E-state index contributed by atoms with van der Waals surface area (Å²) in [5, 5.41) is 1.85. The monoisotopic (exact) mass is 296 g/mol. The lowest BCUT2D eigenvalue weighted by atomic mass is 9.85. The van der Waals surface area contributed by atoms with E-state index in [1.165, 1.54) is 30.6 Å². The van der Waals surface area contributed by atoms with Gasteiger partial charge in [0, 0.05) is 37.1 Å². The predicted molar refractivity (Wildman–Crippen MR) is 82.1 cm³/mol. The lowest BCUT2D eigenvalue weighted by Gasteiger charge is -2.36. The summed E-state index contributed by atoms with van der Waals surface area (Å²) in [7, 11) is 1.91. The van der Waals surface area contributed by atoms with Gasteiger partial charge in [0.2, 0.25) is 5.91 Å². The SMILES string of the molecule is Cc1csc(=O)n1CCC(=O)N(C)C1CCCCC1C. The zero-order valence-corrected chi connectivity index (χ0v) is 13.4. The van der Waals surface area contributed by atoms with Crippen LogP contribution in [0.5, 0.6) is 0 Å². The van der Waals surface area contributed by atoms with Crippen molar-refractivity contribution in [2.75, 3.05) is 7.05 Å². The molecule has 1 aromatic rings. The van der Waals surface area contributed by atoms with E-state index in [0.717, 1.165) is 12.1 Å². The van der Waals surface area contributed by atoms with Crippen LogP contribution in [0.3, 0.4) is 0 Å². The number of thiazole rings is 1. The highest BCUT2D eigenvalue weighted by molar-refractivity contribution is 7.07. The third kappa shape index (κ3) is 3.32. The first-order chi connectivity index (χ1) is 9.50. The molecule has 20 heavy (non-hydrogen) atoms. The lowest BCUT2D eigenvalue weighted by molar-refractivity contribution is -0.133. The zero-order valence-electron chi connectivity index (χ0n) is 12.6. The summed E-state index contributed by atoms with van der Waals surface area (Å²) >= 11 is 1.20. The Balaban J connectivity index is 1.93. The molecule has 1 saturated carbocycles. The largest absolute Gasteiger partial charge is 0.342 e. The van der Waals surface area contributed by atoms with E-state index >= 15 is 0 Å². The fourth-order valence-electron chi connectivity index (χ4n) is 3.12. The second-order valence-corrected chi connectivity index (χ2v) is 6.70. The molecular weight excluding hydrogens is 272 g/mol. The summed E-state index contributed by atoms with van der Waals surface area (Å²) < 4.78 is 1.70. The van der Waals surface area contributed by atoms with Crippen molar-refractivity contribution in [2.45, 2.75) is 58.5 Å². The number of aryl methyl sites for hydroxylation is 1. The highest BCUT2D eigenvalue weighted by Gasteiger charge is 2.27. The maximum Gasteiger partial charge on any atom is 0.307 e. The van der Waals surface area contributed by atoms with E-state index in [1.54, 1.807) is 4.57 Å². The molecule has 2 unspecified atom stereocenters. The average molecular weight is 296 g/mol. The number of carbonyl (C=O) groups excluding carboxylic acids is 1. The number of aromatic nitrogens is 1. The third-order valence-corrected chi connectivity index (χ3v) is 5.36. The first kappa shape index (κ1) is 15.3. The molecule has 1 amide bonds. The predicted octanol–water partition coefficient (Wildman–Crippen LogP) is 2.65. The van der Waals surface area contributed by atoms with Crippen LogP contribution >= 0.6 is 11.3 Å². The van der Waals surface area contributed by atoms with Gasteiger partial charge in [0.05, 0.1) is 0 Å². The molecule has 1 heterocycles. The molecule has 0 N–H and O–H groups in total. The maximum absolute atomic E-state index is 12.3. The van der Waals surface area contributed by atoms with Crippen LogP contribution < -0.4 is 4.87 Å². The van der Waals surface area contributed by atoms with Gasteiger partial charge in [-0.05, 0) is 25.7 Å². The van der Waals surface area contributed by atoms with Gasteiger partial charge in [-0.25, -0.2) is 0 Å². The van der Waals surface area contributed by atoms with Crippen LogP contribution in [0.1, 0.15) is 44.7 Å². The van der Waals surface area contributed by atoms with E-state index in [-0.39, 0.29) is 10.8 Å². The van der Waals surface area contributed by atoms with Crippen LogP contribution in [0.4, 0.5) is 0 Å². The van der Waals surface area contributed by atoms with E-state index in [1.807, 2.05) is 24.3 Å². The molecule has 2 rings (SSSR count). The summed E-state index contributed by atoms with van der Waals surface area (Å²) in [6, 6.07) is 0.372. The topological polar surface area (TPSA) is 42.3 Å². The Morgan fingerprint density at radius 1 is 1.45 bits per heavy atom. The summed E-state index contributed by atoms with van der Waals surface area (Å²) in [6.07, 6.45) is 5.24. The quantitative estimate of drug-likeness (QED) is 0.857. The minimum atomic E-state index is 0.0315. The molecule has 1 aliphatic carbocycles. The van der Waals surface area contributed by atoms with Crippen molar-refractivity contribution >= 4 is 17.2 Å². The molecule has 0 saturated heterocycles. The van der Waals surface area contributed by atoms with Gasteiger partial charge < -0.3 is 9.47 Å². The van der Waals surface area contributed by atoms with E-state index in [9.17, 15) is 9.59 Å². The van der Waals surface area contributed by atoms with Crippen molar-refractivity contribution in [3.63, 3.8) is 0 Å². The van der Waals surface area contributed by atoms with Gasteiger partial charge in [-0.1, -0.05) is 31.1 Å². The smallest absolute Gasteiger partial charge is 0.307 e. The molecule has 5 heteroatoms. The normalized spacial score (nSPS) is 22.8. The van der Waals surface area contributed by atoms with Gasteiger partial charge in [-0.3, -0.25) is 9.59 Å². The van der Waals surface area contributed by atoms with Gasteiger partial charge in [0.15, 0.2) is 0 Å². The molecule has 1 aliphatic rings. The van der Waals surface area contributed by atoms with Gasteiger partial charge in [-0.2, -0.15) is 0 Å². The summed E-state index contributed by atoms with van der Waals surface area (Å²) in [4.78, 5) is 25.9. The number of rotatable bonds is 4. The van der Waals surface area contributed by atoms with Crippen LogP contribution in [0.25, 0.3) is 0 Å². The van der Waals surface area contributed by atoms with Gasteiger partial charge in [0.1, 0.15) is 0 Å². The van der Waals surface area contributed by atoms with Crippen LogP contribution in [-0.4, -0.2) is 28.5 Å². The number of hydrogen-bond acceptors (Lipinski definition) is 3. The van der Waals surface area contributed by atoms with Crippen LogP contribution in [0.2, 0.25) is 0 Å². The Morgan fingerprint density at radius 2 is 2.15 bits per heavy atom. The van der Waals surface area contributed by atoms with Crippen molar-refractivity contribution in [2.24, 2.45) is 5.92 Å². The third-order valence-electron chi connectivity index (χ3n) is 4.48. The van der Waals surface area contributed by atoms with E-state index in [0.29, 0.717) is 24.9 Å². The number of carbonyl (C=O) groups is 1. The van der Waals surface area contributed by atoms with Crippen molar-refractivity contribution in [1.82, 2.24) is 9.47 Å². The molecule has 112 valence electrons. The average Bonchev–Trinajstić information content (AvgIpc) is 2.75.